The number of carbonyl (C=O) groups is 1. The summed E-state index contributed by atoms with van der Waals surface area (Å²) in [7, 11) is 0. The number of carbonyl (C=O) groups excluding carboxylic acids is 1. The Labute approximate surface area is 106 Å². The second-order valence-electron chi connectivity index (χ2n) is 4.26. The third-order valence-electron chi connectivity index (χ3n) is 2.72. The number of ether oxygens (including phenoxy) is 1. The van der Waals surface area contributed by atoms with Gasteiger partial charge in [0.1, 0.15) is 11.6 Å². The van der Waals surface area contributed by atoms with E-state index in [0.29, 0.717) is 31.3 Å². The summed E-state index contributed by atoms with van der Waals surface area (Å²) in [5, 5.41) is 6.13. The fraction of sp³-hybridized carbons (Fsp3) is 0.583. The molecule has 0 spiro atoms. The molecule has 0 bridgehead atoms. The molecule has 0 aliphatic carbocycles. The number of anilines is 1. The number of hydrogen-bond donors (Lipinski definition) is 2. The molecule has 2 heterocycles. The molecule has 1 aliphatic heterocycles. The Kier molecular flexibility index (Phi) is 3.96. The molecule has 1 aromatic rings. The summed E-state index contributed by atoms with van der Waals surface area (Å²) in [4.78, 5) is 19.6. The van der Waals surface area contributed by atoms with Crippen molar-refractivity contribution in [2.75, 3.05) is 18.5 Å². The van der Waals surface area contributed by atoms with Crippen LogP contribution >= 0.6 is 0 Å². The van der Waals surface area contributed by atoms with E-state index in [1.54, 1.807) is 6.07 Å². The maximum Gasteiger partial charge on any atom is 0.220 e. The molecule has 98 valence electrons. The van der Waals surface area contributed by atoms with Gasteiger partial charge in [0.25, 0.3) is 0 Å². The molecule has 6 nitrogen and oxygen atoms in total. The molecule has 6 heteroatoms. The molecule has 1 atom stereocenters. The Bertz CT molecular complexity index is 426. The molecule has 1 aromatic heterocycles. The summed E-state index contributed by atoms with van der Waals surface area (Å²) < 4.78 is 5.37. The van der Waals surface area contributed by atoms with Crippen molar-refractivity contribution in [3.05, 3.63) is 11.9 Å². The zero-order valence-electron chi connectivity index (χ0n) is 10.7. The van der Waals surface area contributed by atoms with Gasteiger partial charge < -0.3 is 15.4 Å². The maximum atomic E-state index is 11.1. The molecular weight excluding hydrogens is 232 g/mol. The Morgan fingerprint density at radius 2 is 2.39 bits per heavy atom. The van der Waals surface area contributed by atoms with Gasteiger partial charge in [0.2, 0.25) is 11.8 Å². The number of nitrogens with zero attached hydrogens (tertiary/aromatic N) is 2. The first-order valence-corrected chi connectivity index (χ1v) is 6.19. The van der Waals surface area contributed by atoms with Crippen LogP contribution in [0.15, 0.2) is 6.07 Å². The zero-order chi connectivity index (χ0) is 13.0. The largest absolute Gasteiger partial charge is 0.478 e. The summed E-state index contributed by atoms with van der Waals surface area (Å²) >= 11 is 0. The van der Waals surface area contributed by atoms with Gasteiger partial charge in [0, 0.05) is 25.1 Å². The standard InChI is InChI=1S/C12H18N4O2/c1-3-18-12-6-10(14-8(2)15-12)16-9-4-5-11(17)13-7-9/h6,9H,3-5,7H2,1-2H3,(H,13,17)(H,14,15,16). The van der Waals surface area contributed by atoms with E-state index in [9.17, 15) is 4.79 Å². The number of hydrogen-bond acceptors (Lipinski definition) is 5. The van der Waals surface area contributed by atoms with Crippen molar-refractivity contribution in [2.45, 2.75) is 32.7 Å². The van der Waals surface area contributed by atoms with Gasteiger partial charge in [-0.2, -0.15) is 4.98 Å². The van der Waals surface area contributed by atoms with Gasteiger partial charge >= 0.3 is 0 Å². The van der Waals surface area contributed by atoms with Crippen LogP contribution in [0.3, 0.4) is 0 Å². The molecule has 18 heavy (non-hydrogen) atoms. The Morgan fingerprint density at radius 3 is 3.06 bits per heavy atom. The quantitative estimate of drug-likeness (QED) is 0.829. The zero-order valence-corrected chi connectivity index (χ0v) is 10.7. The summed E-state index contributed by atoms with van der Waals surface area (Å²) in [6, 6.07) is 2.00. The Hall–Kier alpha value is -1.85. The molecular formula is C12H18N4O2. The number of piperidine rings is 1. The highest BCUT2D eigenvalue weighted by Gasteiger charge is 2.18. The molecule has 0 radical (unpaired) electrons. The highest BCUT2D eigenvalue weighted by atomic mass is 16.5. The van der Waals surface area contributed by atoms with E-state index in [4.69, 9.17) is 4.74 Å². The topological polar surface area (TPSA) is 76.1 Å². The molecule has 1 unspecified atom stereocenters. The van der Waals surface area contributed by atoms with Crippen LogP contribution < -0.4 is 15.4 Å². The summed E-state index contributed by atoms with van der Waals surface area (Å²) in [5.41, 5.74) is 0. The van der Waals surface area contributed by atoms with Crippen molar-refractivity contribution in [2.24, 2.45) is 0 Å². The van der Waals surface area contributed by atoms with Crippen molar-refractivity contribution < 1.29 is 9.53 Å². The molecule has 1 amide bonds. The van der Waals surface area contributed by atoms with Gasteiger partial charge in [0.05, 0.1) is 6.61 Å². The average Bonchev–Trinajstić information content (AvgIpc) is 2.32. The van der Waals surface area contributed by atoms with Gasteiger partial charge in [-0.05, 0) is 20.3 Å². The van der Waals surface area contributed by atoms with Crippen LogP contribution in [0, 0.1) is 6.92 Å². The van der Waals surface area contributed by atoms with Crippen molar-refractivity contribution in [1.82, 2.24) is 15.3 Å². The van der Waals surface area contributed by atoms with Gasteiger partial charge in [-0.1, -0.05) is 0 Å². The fourth-order valence-electron chi connectivity index (χ4n) is 1.90. The fourth-order valence-corrected chi connectivity index (χ4v) is 1.90. The summed E-state index contributed by atoms with van der Waals surface area (Å²) in [6.07, 6.45) is 1.37. The van der Waals surface area contributed by atoms with Crippen LogP contribution in [-0.2, 0) is 4.79 Å². The highest BCUT2D eigenvalue weighted by Crippen LogP contribution is 2.16. The minimum Gasteiger partial charge on any atom is -0.478 e. The number of aromatic nitrogens is 2. The van der Waals surface area contributed by atoms with Gasteiger partial charge in [0.15, 0.2) is 0 Å². The van der Waals surface area contributed by atoms with Gasteiger partial charge in [-0.25, -0.2) is 4.98 Å². The van der Waals surface area contributed by atoms with E-state index in [-0.39, 0.29) is 11.9 Å². The lowest BCUT2D eigenvalue weighted by atomic mass is 10.1. The minimum absolute atomic E-state index is 0.113. The first kappa shape index (κ1) is 12.6. The summed E-state index contributed by atoms with van der Waals surface area (Å²) in [5.74, 6) is 2.10. The highest BCUT2D eigenvalue weighted by molar-refractivity contribution is 5.76. The predicted octanol–water partition coefficient (Wildman–Crippen LogP) is 0.874. The van der Waals surface area contributed by atoms with Crippen LogP contribution in [0.25, 0.3) is 0 Å². The third kappa shape index (κ3) is 3.32. The molecule has 0 aromatic carbocycles. The molecule has 1 aliphatic rings. The Morgan fingerprint density at radius 1 is 1.56 bits per heavy atom. The van der Waals surface area contributed by atoms with E-state index < -0.39 is 0 Å². The van der Waals surface area contributed by atoms with Crippen LogP contribution in [-0.4, -0.2) is 35.1 Å². The first-order valence-electron chi connectivity index (χ1n) is 6.19. The summed E-state index contributed by atoms with van der Waals surface area (Å²) in [6.45, 7) is 4.96. The van der Waals surface area contributed by atoms with Crippen LogP contribution in [0.1, 0.15) is 25.6 Å². The minimum atomic E-state index is 0.113. The lowest BCUT2D eigenvalue weighted by Crippen LogP contribution is -2.42. The average molecular weight is 250 g/mol. The second-order valence-corrected chi connectivity index (χ2v) is 4.26. The SMILES string of the molecule is CCOc1cc(NC2CCC(=O)NC2)nc(C)n1. The molecule has 2 N–H and O–H groups in total. The van der Waals surface area contributed by atoms with Crippen molar-refractivity contribution >= 4 is 11.7 Å². The predicted molar refractivity (Wildman–Crippen MR) is 67.6 cm³/mol. The van der Waals surface area contributed by atoms with Crippen LogP contribution in [0.4, 0.5) is 5.82 Å². The van der Waals surface area contributed by atoms with Crippen molar-refractivity contribution in [1.29, 1.82) is 0 Å². The number of aryl methyl sites for hydroxylation is 1. The molecule has 0 saturated carbocycles. The smallest absolute Gasteiger partial charge is 0.220 e. The number of nitrogens with one attached hydrogen (secondary N) is 2. The lowest BCUT2D eigenvalue weighted by Gasteiger charge is -2.24. The van der Waals surface area contributed by atoms with Gasteiger partial charge in [-0.15, -0.1) is 0 Å². The number of rotatable bonds is 4. The van der Waals surface area contributed by atoms with E-state index >= 15 is 0 Å². The number of amides is 1. The lowest BCUT2D eigenvalue weighted by molar-refractivity contribution is -0.122. The second kappa shape index (κ2) is 5.66. The maximum absolute atomic E-state index is 11.1. The molecule has 1 saturated heterocycles. The third-order valence-corrected chi connectivity index (χ3v) is 2.72. The van der Waals surface area contributed by atoms with Gasteiger partial charge in [-0.3, -0.25) is 4.79 Å². The van der Waals surface area contributed by atoms with E-state index in [2.05, 4.69) is 20.6 Å². The monoisotopic (exact) mass is 250 g/mol. The molecule has 2 rings (SSSR count). The van der Waals surface area contributed by atoms with Crippen molar-refractivity contribution in [3.8, 4) is 5.88 Å². The Balaban J connectivity index is 2.02. The van der Waals surface area contributed by atoms with Crippen LogP contribution in [0.2, 0.25) is 0 Å². The van der Waals surface area contributed by atoms with E-state index in [1.165, 1.54) is 0 Å². The molecule has 1 fully saturated rings. The first-order chi connectivity index (χ1) is 8.67. The van der Waals surface area contributed by atoms with Crippen LogP contribution in [0.5, 0.6) is 5.88 Å². The normalized spacial score (nSPS) is 19.2. The van der Waals surface area contributed by atoms with Crippen molar-refractivity contribution in [3.63, 3.8) is 0 Å². The van der Waals surface area contributed by atoms with E-state index in [0.717, 1.165) is 12.2 Å². The van der Waals surface area contributed by atoms with E-state index in [1.807, 2.05) is 13.8 Å².